The van der Waals surface area contributed by atoms with Gasteiger partial charge in [-0.2, -0.15) is 0 Å². The molecule has 5 atom stereocenters. The zero-order valence-corrected chi connectivity index (χ0v) is 14.7. The van der Waals surface area contributed by atoms with Gasteiger partial charge >= 0.3 is 0 Å². The Morgan fingerprint density at radius 1 is 1.05 bits per heavy atom. The van der Waals surface area contributed by atoms with Crippen LogP contribution in [0.4, 0.5) is 0 Å². The smallest absolute Gasteiger partial charge is 0.0753 e. The van der Waals surface area contributed by atoms with E-state index in [1.165, 1.54) is 11.1 Å². The second-order valence-electron chi connectivity index (χ2n) is 8.90. The molecule has 3 aliphatic rings. The van der Waals surface area contributed by atoms with Crippen molar-refractivity contribution in [3.63, 3.8) is 0 Å². The zero-order chi connectivity index (χ0) is 16.3. The minimum Gasteiger partial charge on any atom is -0.389 e. The second kappa shape index (κ2) is 5.21. The molecule has 124 valence electrons. The van der Waals surface area contributed by atoms with Crippen molar-refractivity contribution < 1.29 is 10.2 Å². The molecule has 0 aromatic rings. The van der Waals surface area contributed by atoms with Crippen molar-refractivity contribution >= 4 is 0 Å². The summed E-state index contributed by atoms with van der Waals surface area (Å²) in [7, 11) is 0. The predicted molar refractivity (Wildman–Crippen MR) is 90.4 cm³/mol. The monoisotopic (exact) mass is 304 g/mol. The lowest BCUT2D eigenvalue weighted by molar-refractivity contribution is 0.0138. The molecule has 0 radical (unpaired) electrons. The molecule has 0 heterocycles. The van der Waals surface area contributed by atoms with Gasteiger partial charge in [-0.1, -0.05) is 32.9 Å². The summed E-state index contributed by atoms with van der Waals surface area (Å²) >= 11 is 0. The molecule has 2 heteroatoms. The SMILES string of the molecule is C=C1C(O)CC[C@@]2(C)CCC3=C(C)C(O)C[C@@H](C[C@H]12)C3(C)C. The standard InChI is InChI=1S/C20H32O2/c1-12-15-6-8-20(5)9-7-17(21)13(2)16(20)10-14(11-18(12)22)19(15,3)4/h14,16-18,21-22H,2,6-11H2,1,3-5H3/t14-,16-,17?,18?,20-/m1/s1. The highest BCUT2D eigenvalue weighted by molar-refractivity contribution is 5.30. The maximum absolute atomic E-state index is 10.5. The fraction of sp³-hybridized carbons (Fsp3) is 0.800. The molecule has 2 nitrogen and oxygen atoms in total. The van der Waals surface area contributed by atoms with Gasteiger partial charge in [0.25, 0.3) is 0 Å². The van der Waals surface area contributed by atoms with E-state index in [9.17, 15) is 10.2 Å². The number of hydrogen-bond donors (Lipinski definition) is 2. The highest BCUT2D eigenvalue weighted by Crippen LogP contribution is 2.58. The number of allylic oxidation sites excluding steroid dienone is 1. The highest BCUT2D eigenvalue weighted by Gasteiger charge is 2.49. The normalized spacial score (nSPS) is 45.1. The van der Waals surface area contributed by atoms with E-state index < -0.39 is 0 Å². The molecule has 2 N–H and O–H groups in total. The molecule has 0 aliphatic heterocycles. The third-order valence-corrected chi connectivity index (χ3v) is 7.45. The Morgan fingerprint density at radius 2 is 1.73 bits per heavy atom. The lowest BCUT2D eigenvalue weighted by Crippen LogP contribution is -2.46. The molecule has 0 aromatic heterocycles. The van der Waals surface area contributed by atoms with Crippen LogP contribution in [0.15, 0.2) is 23.3 Å². The molecule has 2 bridgehead atoms. The molecule has 22 heavy (non-hydrogen) atoms. The van der Waals surface area contributed by atoms with E-state index >= 15 is 0 Å². The van der Waals surface area contributed by atoms with Gasteiger partial charge in [-0.25, -0.2) is 0 Å². The van der Waals surface area contributed by atoms with Gasteiger partial charge in [0.1, 0.15) is 0 Å². The Bertz CT molecular complexity index is 516. The quantitative estimate of drug-likeness (QED) is 0.658. The van der Waals surface area contributed by atoms with Crippen LogP contribution < -0.4 is 0 Å². The summed E-state index contributed by atoms with van der Waals surface area (Å²) in [5.41, 5.74) is 4.19. The molecular formula is C20H32O2. The fourth-order valence-electron chi connectivity index (χ4n) is 5.54. The summed E-state index contributed by atoms with van der Waals surface area (Å²) in [4.78, 5) is 0. The first kappa shape index (κ1) is 16.3. The van der Waals surface area contributed by atoms with Crippen molar-refractivity contribution in [1.29, 1.82) is 0 Å². The summed E-state index contributed by atoms with van der Waals surface area (Å²) in [6.07, 6.45) is 5.51. The van der Waals surface area contributed by atoms with Crippen LogP contribution in [0.25, 0.3) is 0 Å². The number of rotatable bonds is 0. The van der Waals surface area contributed by atoms with Crippen LogP contribution in [0, 0.1) is 22.7 Å². The van der Waals surface area contributed by atoms with Crippen LogP contribution in [0.1, 0.15) is 66.2 Å². The summed E-state index contributed by atoms with van der Waals surface area (Å²) in [6.45, 7) is 13.5. The van der Waals surface area contributed by atoms with E-state index in [4.69, 9.17) is 0 Å². The van der Waals surface area contributed by atoms with Crippen molar-refractivity contribution in [2.75, 3.05) is 0 Å². The van der Waals surface area contributed by atoms with Crippen molar-refractivity contribution in [2.24, 2.45) is 22.7 Å². The molecule has 2 unspecified atom stereocenters. The van der Waals surface area contributed by atoms with E-state index in [0.717, 1.165) is 44.1 Å². The van der Waals surface area contributed by atoms with Gasteiger partial charge in [-0.15, -0.1) is 0 Å². The van der Waals surface area contributed by atoms with Gasteiger partial charge in [0, 0.05) is 0 Å². The summed E-state index contributed by atoms with van der Waals surface area (Å²) in [6, 6.07) is 0. The van der Waals surface area contributed by atoms with E-state index in [1.807, 2.05) is 0 Å². The van der Waals surface area contributed by atoms with Crippen molar-refractivity contribution in [3.8, 4) is 0 Å². The van der Waals surface area contributed by atoms with Crippen molar-refractivity contribution in [2.45, 2.75) is 78.4 Å². The highest BCUT2D eigenvalue weighted by atomic mass is 16.3. The molecule has 3 aliphatic carbocycles. The first-order valence-electron chi connectivity index (χ1n) is 8.92. The van der Waals surface area contributed by atoms with Crippen LogP contribution in [0.5, 0.6) is 0 Å². The number of aliphatic hydroxyl groups excluding tert-OH is 2. The van der Waals surface area contributed by atoms with Gasteiger partial charge in [0.15, 0.2) is 0 Å². The van der Waals surface area contributed by atoms with Gasteiger partial charge in [-0.3, -0.25) is 0 Å². The summed E-state index contributed by atoms with van der Waals surface area (Å²) < 4.78 is 0. The Kier molecular flexibility index (Phi) is 3.85. The van der Waals surface area contributed by atoms with Crippen molar-refractivity contribution in [3.05, 3.63) is 23.3 Å². The van der Waals surface area contributed by atoms with Crippen LogP contribution >= 0.6 is 0 Å². The zero-order valence-electron chi connectivity index (χ0n) is 14.7. The molecule has 0 aromatic carbocycles. The minimum absolute atomic E-state index is 0.160. The minimum atomic E-state index is -0.328. The van der Waals surface area contributed by atoms with E-state index in [-0.39, 0.29) is 23.0 Å². The Balaban J connectivity index is 2.02. The van der Waals surface area contributed by atoms with Crippen LogP contribution in [0.3, 0.4) is 0 Å². The van der Waals surface area contributed by atoms with Crippen LogP contribution in [0.2, 0.25) is 0 Å². The maximum Gasteiger partial charge on any atom is 0.0753 e. The number of hydrogen-bond acceptors (Lipinski definition) is 2. The van der Waals surface area contributed by atoms with Gasteiger partial charge in [-0.05, 0) is 79.3 Å². The van der Waals surface area contributed by atoms with Gasteiger partial charge in [0.05, 0.1) is 12.2 Å². The Labute approximate surface area is 135 Å². The van der Waals surface area contributed by atoms with E-state index in [2.05, 4.69) is 34.3 Å². The molecule has 3 rings (SSSR count). The van der Waals surface area contributed by atoms with Crippen LogP contribution in [-0.4, -0.2) is 22.4 Å². The average molecular weight is 304 g/mol. The number of fused-ring (bicyclic) bond motifs is 3. The van der Waals surface area contributed by atoms with Crippen molar-refractivity contribution in [1.82, 2.24) is 0 Å². The van der Waals surface area contributed by atoms with Gasteiger partial charge < -0.3 is 10.2 Å². The molecule has 0 saturated heterocycles. The second-order valence-corrected chi connectivity index (χ2v) is 8.90. The van der Waals surface area contributed by atoms with Crippen LogP contribution in [-0.2, 0) is 0 Å². The fourth-order valence-corrected chi connectivity index (χ4v) is 5.54. The van der Waals surface area contributed by atoms with Gasteiger partial charge in [0.2, 0.25) is 0 Å². The topological polar surface area (TPSA) is 40.5 Å². The van der Waals surface area contributed by atoms with E-state index in [0.29, 0.717) is 11.8 Å². The molecular weight excluding hydrogens is 272 g/mol. The number of aliphatic hydroxyl groups is 2. The molecule has 0 spiro atoms. The Hall–Kier alpha value is -0.600. The lowest BCUT2D eigenvalue weighted by Gasteiger charge is -2.53. The third-order valence-electron chi connectivity index (χ3n) is 7.45. The molecule has 2 saturated carbocycles. The lowest BCUT2D eigenvalue weighted by atomic mass is 9.52. The molecule has 2 fully saturated rings. The Morgan fingerprint density at radius 3 is 2.41 bits per heavy atom. The maximum atomic E-state index is 10.5. The van der Waals surface area contributed by atoms with E-state index in [1.54, 1.807) is 0 Å². The first-order valence-corrected chi connectivity index (χ1v) is 8.92. The first-order chi connectivity index (χ1) is 10.2. The average Bonchev–Trinajstić information content (AvgIpc) is 2.44. The predicted octanol–water partition coefficient (Wildman–Crippen LogP) is 4.23. The summed E-state index contributed by atoms with van der Waals surface area (Å²) in [5, 5.41) is 20.8. The summed E-state index contributed by atoms with van der Waals surface area (Å²) in [5.74, 6) is 0.876. The molecule has 0 amide bonds. The largest absolute Gasteiger partial charge is 0.389 e. The third kappa shape index (κ3) is 2.30.